The molecule has 3 aliphatic rings. The van der Waals surface area contributed by atoms with Gasteiger partial charge < -0.3 is 15.0 Å². The van der Waals surface area contributed by atoms with E-state index < -0.39 is 0 Å². The summed E-state index contributed by atoms with van der Waals surface area (Å²) in [5.74, 6) is 2.84. The van der Waals surface area contributed by atoms with Crippen LogP contribution in [0.3, 0.4) is 0 Å². The first-order chi connectivity index (χ1) is 12.8. The van der Waals surface area contributed by atoms with E-state index in [9.17, 15) is 4.79 Å². The fraction of sp³-hybridized carbons (Fsp3) is 0.762. The largest absolute Gasteiger partial charge is 0.369 e. The van der Waals surface area contributed by atoms with Gasteiger partial charge in [-0.3, -0.25) is 4.79 Å². The third-order valence-electron chi connectivity index (χ3n) is 7.15. The van der Waals surface area contributed by atoms with Gasteiger partial charge in [-0.25, -0.2) is 9.97 Å². The van der Waals surface area contributed by atoms with Gasteiger partial charge in [0.2, 0.25) is 5.91 Å². The van der Waals surface area contributed by atoms with Crippen molar-refractivity contribution in [3.05, 3.63) is 17.6 Å². The molecule has 1 aromatic rings. The van der Waals surface area contributed by atoms with E-state index in [4.69, 9.17) is 9.72 Å². The van der Waals surface area contributed by atoms with Crippen molar-refractivity contribution in [3.8, 4) is 0 Å². The van der Waals surface area contributed by atoms with E-state index in [1.54, 1.807) is 0 Å². The zero-order valence-electron chi connectivity index (χ0n) is 17.2. The molecule has 0 radical (unpaired) electrons. The molecule has 0 unspecified atom stereocenters. The first-order valence-corrected chi connectivity index (χ1v) is 10.3. The Bertz CT molecular complexity index is 750. The van der Waals surface area contributed by atoms with Gasteiger partial charge in [0, 0.05) is 48.6 Å². The number of aromatic nitrogens is 2. The van der Waals surface area contributed by atoms with Crippen LogP contribution in [0, 0.1) is 31.1 Å². The number of carbonyl (C=O) groups excluding carboxylic acids is 1. The molecule has 148 valence electrons. The third kappa shape index (κ3) is 3.02. The molecule has 2 bridgehead atoms. The maximum atomic E-state index is 12.5. The van der Waals surface area contributed by atoms with Crippen molar-refractivity contribution >= 4 is 11.7 Å². The first-order valence-electron chi connectivity index (χ1n) is 10.3. The Morgan fingerprint density at radius 3 is 2.96 bits per heavy atom. The minimum Gasteiger partial charge on any atom is -0.369 e. The molecule has 27 heavy (non-hydrogen) atoms. The predicted octanol–water partition coefficient (Wildman–Crippen LogP) is 2.63. The summed E-state index contributed by atoms with van der Waals surface area (Å²) < 4.78 is 6.53. The molecule has 0 aliphatic carbocycles. The fourth-order valence-electron chi connectivity index (χ4n) is 5.07. The second-order valence-corrected chi connectivity index (χ2v) is 9.28. The Morgan fingerprint density at radius 1 is 1.44 bits per heavy atom. The summed E-state index contributed by atoms with van der Waals surface area (Å²) >= 11 is 0. The van der Waals surface area contributed by atoms with Crippen LogP contribution in [0.5, 0.6) is 0 Å². The molecule has 1 aromatic heterocycles. The lowest BCUT2D eigenvalue weighted by atomic mass is 9.73. The average molecular weight is 373 g/mol. The van der Waals surface area contributed by atoms with Crippen LogP contribution in [-0.2, 0) is 9.53 Å². The summed E-state index contributed by atoms with van der Waals surface area (Å²) in [6.07, 6.45) is 5.26. The fourth-order valence-corrected chi connectivity index (χ4v) is 5.07. The van der Waals surface area contributed by atoms with Crippen LogP contribution in [0.4, 0.5) is 5.82 Å². The first kappa shape index (κ1) is 18.7. The van der Waals surface area contributed by atoms with Crippen LogP contribution >= 0.6 is 0 Å². The zero-order chi connectivity index (χ0) is 19.4. The molecule has 4 atom stereocenters. The highest BCUT2D eigenvalue weighted by Crippen LogP contribution is 2.55. The molecular weight excluding hydrogens is 340 g/mol. The number of ether oxygens (including phenoxy) is 1. The average Bonchev–Trinajstić information content (AvgIpc) is 3.29. The molecule has 3 saturated heterocycles. The number of rotatable bonds is 5. The van der Waals surface area contributed by atoms with Gasteiger partial charge in [0.1, 0.15) is 11.6 Å². The quantitative estimate of drug-likeness (QED) is 0.861. The lowest BCUT2D eigenvalue weighted by Crippen LogP contribution is -2.44. The predicted molar refractivity (Wildman–Crippen MR) is 105 cm³/mol. The number of hydrogen-bond acceptors (Lipinski definition) is 5. The van der Waals surface area contributed by atoms with Gasteiger partial charge >= 0.3 is 0 Å². The Morgan fingerprint density at radius 2 is 2.22 bits per heavy atom. The monoisotopic (exact) mass is 372 g/mol. The zero-order valence-corrected chi connectivity index (χ0v) is 17.2. The van der Waals surface area contributed by atoms with Crippen molar-refractivity contribution in [3.63, 3.8) is 0 Å². The summed E-state index contributed by atoms with van der Waals surface area (Å²) in [4.78, 5) is 23.9. The van der Waals surface area contributed by atoms with Crippen LogP contribution in [-0.4, -0.2) is 47.2 Å². The summed E-state index contributed by atoms with van der Waals surface area (Å²) in [5, 5.41) is 3.22. The normalized spacial score (nSPS) is 32.0. The number of nitrogens with zero attached hydrogens (tertiary/aromatic N) is 3. The van der Waals surface area contributed by atoms with E-state index in [0.717, 1.165) is 56.1 Å². The smallest absolute Gasteiger partial charge is 0.225 e. The number of amides is 1. The van der Waals surface area contributed by atoms with Crippen LogP contribution in [0.1, 0.15) is 51.4 Å². The van der Waals surface area contributed by atoms with Gasteiger partial charge in [0.05, 0.1) is 11.7 Å². The van der Waals surface area contributed by atoms with E-state index >= 15 is 0 Å². The van der Waals surface area contributed by atoms with E-state index in [0.29, 0.717) is 11.8 Å². The SMILES string of the molecule is CCC(C)(C)C(=O)NC[C@H]1[C@H]2CN(c3nc(C)ncc3C)C[C@]23CC[C@H]1O3. The van der Waals surface area contributed by atoms with Gasteiger partial charge in [0.25, 0.3) is 0 Å². The van der Waals surface area contributed by atoms with Gasteiger partial charge in [-0.2, -0.15) is 0 Å². The second-order valence-electron chi connectivity index (χ2n) is 9.28. The minimum absolute atomic E-state index is 0.0639. The molecule has 6 nitrogen and oxygen atoms in total. The molecule has 1 spiro atoms. The van der Waals surface area contributed by atoms with E-state index in [-0.39, 0.29) is 23.0 Å². The molecule has 6 heteroatoms. The summed E-state index contributed by atoms with van der Waals surface area (Å²) in [7, 11) is 0. The lowest BCUT2D eigenvalue weighted by Gasteiger charge is -2.30. The minimum atomic E-state index is -0.312. The Balaban J connectivity index is 1.50. The third-order valence-corrected chi connectivity index (χ3v) is 7.15. The highest BCUT2D eigenvalue weighted by Gasteiger charge is 2.63. The molecule has 0 aromatic carbocycles. The molecule has 4 rings (SSSR count). The van der Waals surface area contributed by atoms with E-state index in [2.05, 4.69) is 29.0 Å². The molecule has 1 N–H and O–H groups in total. The lowest BCUT2D eigenvalue weighted by molar-refractivity contribution is -0.129. The maximum Gasteiger partial charge on any atom is 0.225 e. The summed E-state index contributed by atoms with van der Waals surface area (Å²) in [6, 6.07) is 0. The van der Waals surface area contributed by atoms with Crippen LogP contribution in [0.2, 0.25) is 0 Å². The highest BCUT2D eigenvalue weighted by molar-refractivity contribution is 5.81. The molecule has 3 aliphatic heterocycles. The number of aryl methyl sites for hydroxylation is 2. The summed E-state index contributed by atoms with van der Waals surface area (Å²) in [6.45, 7) is 12.7. The molecule has 0 saturated carbocycles. The van der Waals surface area contributed by atoms with E-state index in [1.807, 2.05) is 27.0 Å². The van der Waals surface area contributed by atoms with Crippen molar-refractivity contribution in [2.75, 3.05) is 24.5 Å². The van der Waals surface area contributed by atoms with Crippen molar-refractivity contribution in [1.82, 2.24) is 15.3 Å². The van der Waals surface area contributed by atoms with Gasteiger partial charge in [0.15, 0.2) is 0 Å². The number of hydrogen-bond donors (Lipinski definition) is 1. The van der Waals surface area contributed by atoms with Crippen LogP contribution in [0.15, 0.2) is 6.20 Å². The van der Waals surface area contributed by atoms with Gasteiger partial charge in [-0.05, 0) is 33.1 Å². The second kappa shape index (κ2) is 6.43. The molecular formula is C21H32N4O2. The number of anilines is 1. The molecule has 1 amide bonds. The van der Waals surface area contributed by atoms with Crippen molar-refractivity contribution in [2.24, 2.45) is 17.3 Å². The highest BCUT2D eigenvalue weighted by atomic mass is 16.5. The Kier molecular flexibility index (Phi) is 4.45. The number of nitrogens with one attached hydrogen (secondary N) is 1. The standard InChI is InChI=1S/C21H32N4O2/c1-6-20(4,5)19(26)23-10-15-16-11-25(12-21(16)8-7-17(15)27-21)18-13(2)9-22-14(3)24-18/h9,15-17H,6-8,10-12H2,1-5H3,(H,23,26)/t15-,16+,17+,21+/m0/s1. The van der Waals surface area contributed by atoms with Crippen LogP contribution in [0.25, 0.3) is 0 Å². The summed E-state index contributed by atoms with van der Waals surface area (Å²) in [5.41, 5.74) is 0.736. The van der Waals surface area contributed by atoms with E-state index in [1.165, 1.54) is 0 Å². The van der Waals surface area contributed by atoms with Crippen LogP contribution < -0.4 is 10.2 Å². The van der Waals surface area contributed by atoms with Gasteiger partial charge in [-0.1, -0.05) is 20.8 Å². The van der Waals surface area contributed by atoms with Gasteiger partial charge in [-0.15, -0.1) is 0 Å². The topological polar surface area (TPSA) is 67.4 Å². The van der Waals surface area contributed by atoms with Crippen molar-refractivity contribution in [1.29, 1.82) is 0 Å². The van der Waals surface area contributed by atoms with Crippen molar-refractivity contribution < 1.29 is 9.53 Å². The number of fused-ring (bicyclic) bond motifs is 1. The molecule has 3 fully saturated rings. The Labute approximate surface area is 162 Å². The van der Waals surface area contributed by atoms with Crippen molar-refractivity contribution in [2.45, 2.75) is 65.6 Å². The maximum absolute atomic E-state index is 12.5. The number of carbonyl (C=O) groups is 1. The molecule has 4 heterocycles. The Hall–Kier alpha value is -1.69.